The minimum Gasteiger partial charge on any atom is -0.0623 e. The van der Waals surface area contributed by atoms with Gasteiger partial charge in [-0.25, -0.2) is 0 Å². The zero-order valence-corrected chi connectivity index (χ0v) is 41.7. The number of fused-ring (bicyclic) bond motifs is 7. The van der Waals surface area contributed by atoms with Gasteiger partial charge in [0, 0.05) is 0 Å². The Hall–Kier alpha value is -8.22. The standard InChI is InChI=1S/C66H48GeN2Si/c1-7-25-49(26-8-1)67(50-27-9-2-10-28-50,51-29-11-3-12-30-51)52-31-23-32-53(47-52)68-61-43-21-19-41-59(61)65-63(68)45-46-64-66(65)60-42-20-22-44-62(60)69(64)54-33-24-40-58(48-54)70(55-34-13-4-14-35-55,56-36-15-5-16-37-56)57-38-17-6-18-39-57/h1-48H. The van der Waals surface area contributed by atoms with Gasteiger partial charge < -0.3 is 0 Å². The van der Waals surface area contributed by atoms with Gasteiger partial charge >= 0.3 is 294 Å². The van der Waals surface area contributed by atoms with Crippen molar-refractivity contribution in [2.75, 3.05) is 0 Å². The van der Waals surface area contributed by atoms with Crippen molar-refractivity contribution in [2.24, 2.45) is 0 Å². The molecule has 2 heterocycles. The third kappa shape index (κ3) is 6.46. The summed E-state index contributed by atoms with van der Waals surface area (Å²) in [6.45, 7) is 0. The Labute approximate surface area is 412 Å². The van der Waals surface area contributed by atoms with E-state index in [2.05, 4.69) is 300 Å². The summed E-state index contributed by atoms with van der Waals surface area (Å²) in [6.07, 6.45) is 0. The van der Waals surface area contributed by atoms with Gasteiger partial charge in [0.05, 0.1) is 0 Å². The van der Waals surface area contributed by atoms with Crippen LogP contribution in [0.5, 0.6) is 0 Å². The van der Waals surface area contributed by atoms with Crippen molar-refractivity contribution >= 4 is 103 Å². The zero-order valence-electron chi connectivity index (χ0n) is 38.6. The quantitative estimate of drug-likeness (QED) is 0.0955. The van der Waals surface area contributed by atoms with Gasteiger partial charge in [0.2, 0.25) is 0 Å². The van der Waals surface area contributed by atoms with Gasteiger partial charge in [-0.15, -0.1) is 0 Å². The molecule has 0 radical (unpaired) electrons. The topological polar surface area (TPSA) is 9.86 Å². The Balaban J connectivity index is 1.06. The molecule has 0 aliphatic rings. The second-order valence-corrected chi connectivity index (χ2v) is 30.2. The van der Waals surface area contributed by atoms with Crippen LogP contribution in [0.3, 0.4) is 0 Å². The van der Waals surface area contributed by atoms with E-state index in [1.165, 1.54) is 87.6 Å². The number of para-hydroxylation sites is 2. The molecule has 0 spiro atoms. The second kappa shape index (κ2) is 17.4. The Kier molecular flexibility index (Phi) is 10.4. The molecule has 0 atom stereocenters. The average molecular weight is 970 g/mol. The largest absolute Gasteiger partial charge is 0.0623 e. The molecular formula is C66H48GeN2Si. The molecule has 0 amide bonds. The number of nitrogens with zero attached hydrogens (tertiary/aromatic N) is 2. The van der Waals surface area contributed by atoms with E-state index in [0.717, 1.165) is 5.69 Å². The Morgan fingerprint density at radius 1 is 0.243 bits per heavy atom. The number of rotatable bonds is 10. The van der Waals surface area contributed by atoms with Crippen molar-refractivity contribution in [1.82, 2.24) is 9.13 Å². The van der Waals surface area contributed by atoms with Gasteiger partial charge in [-0.3, -0.25) is 0 Å². The van der Waals surface area contributed by atoms with Crippen molar-refractivity contribution in [1.29, 1.82) is 0 Å². The van der Waals surface area contributed by atoms with Gasteiger partial charge in [0.25, 0.3) is 0 Å². The molecule has 2 aromatic heterocycles. The average Bonchev–Trinajstić information content (AvgIpc) is 3.96. The Bertz CT molecular complexity index is 3530. The Morgan fingerprint density at radius 2 is 0.571 bits per heavy atom. The van der Waals surface area contributed by atoms with Crippen LogP contribution >= 0.6 is 0 Å². The summed E-state index contributed by atoms with van der Waals surface area (Å²) in [4.78, 5) is 0. The van der Waals surface area contributed by atoms with Crippen LogP contribution in [0.4, 0.5) is 0 Å². The fourth-order valence-electron chi connectivity index (χ4n) is 12.0. The molecule has 0 saturated carbocycles. The van der Waals surface area contributed by atoms with Crippen LogP contribution < -0.4 is 38.3 Å². The molecule has 0 fully saturated rings. The van der Waals surface area contributed by atoms with Crippen LogP contribution in [0.2, 0.25) is 0 Å². The minimum absolute atomic E-state index is 1.16. The fraction of sp³-hybridized carbons (Fsp3) is 0. The first-order valence-corrected chi connectivity index (χ1v) is 30.5. The van der Waals surface area contributed by atoms with Gasteiger partial charge in [0.15, 0.2) is 8.07 Å². The van der Waals surface area contributed by atoms with Crippen LogP contribution in [0, 0.1) is 0 Å². The normalized spacial score (nSPS) is 12.0. The summed E-state index contributed by atoms with van der Waals surface area (Å²) in [5.41, 5.74) is 7.11. The summed E-state index contributed by atoms with van der Waals surface area (Å²) in [5.74, 6) is 0. The molecule has 13 aromatic rings. The summed E-state index contributed by atoms with van der Waals surface area (Å²) in [7, 11) is -2.79. The fourth-order valence-corrected chi connectivity index (χ4v) is 26.8. The van der Waals surface area contributed by atoms with Gasteiger partial charge in [-0.1, -0.05) is 97.1 Å². The zero-order chi connectivity index (χ0) is 46.5. The monoisotopic (exact) mass is 970 g/mol. The molecule has 11 aromatic carbocycles. The summed E-state index contributed by atoms with van der Waals surface area (Å²) in [6, 6.07) is 109. The van der Waals surface area contributed by atoms with Crippen molar-refractivity contribution in [3.8, 4) is 11.4 Å². The van der Waals surface area contributed by atoms with Crippen LogP contribution in [-0.4, -0.2) is 30.5 Å². The molecule has 4 heteroatoms. The summed E-state index contributed by atoms with van der Waals surface area (Å²) >= 11 is -3.57. The van der Waals surface area contributed by atoms with Crippen LogP contribution in [0.25, 0.3) is 55.0 Å². The predicted octanol–water partition coefficient (Wildman–Crippen LogP) is 10.6. The number of hydrogen-bond donors (Lipinski definition) is 0. The molecular weight excluding hydrogens is 921 g/mol. The van der Waals surface area contributed by atoms with E-state index in [1.807, 2.05) is 0 Å². The van der Waals surface area contributed by atoms with Crippen LogP contribution in [-0.2, 0) is 0 Å². The van der Waals surface area contributed by atoms with E-state index in [-0.39, 0.29) is 0 Å². The smallest absolute Gasteiger partial charge is 0.0619 e. The second-order valence-electron chi connectivity index (χ2n) is 18.4. The van der Waals surface area contributed by atoms with Crippen molar-refractivity contribution in [3.05, 3.63) is 291 Å². The van der Waals surface area contributed by atoms with Crippen molar-refractivity contribution < 1.29 is 0 Å². The maximum absolute atomic E-state index is 3.57. The van der Waals surface area contributed by atoms with E-state index < -0.39 is 21.3 Å². The SMILES string of the molecule is c1ccc([Si](c2ccccc2)(c2ccccc2)c2cccc(-n3c4ccccc4c4c5c6ccccc6n(-c6ccc[c]([Ge]([c]7ccccc7)([c]7ccccc7)[c]7ccccc7)c6)c5ccc43)c2)cc1. The van der Waals surface area contributed by atoms with Gasteiger partial charge in [-0.2, -0.15) is 0 Å². The molecule has 2 nitrogen and oxygen atoms in total. The number of benzene rings is 11. The maximum atomic E-state index is 2.52. The number of hydrogen-bond acceptors (Lipinski definition) is 0. The molecule has 0 saturated heterocycles. The van der Waals surface area contributed by atoms with Crippen LogP contribution in [0.1, 0.15) is 0 Å². The van der Waals surface area contributed by atoms with E-state index in [1.54, 1.807) is 0 Å². The molecule has 330 valence electrons. The van der Waals surface area contributed by atoms with Crippen molar-refractivity contribution in [2.45, 2.75) is 0 Å². The molecule has 0 unspecified atom stereocenters. The summed E-state index contributed by atoms with van der Waals surface area (Å²) in [5, 5.41) is 10.5. The maximum Gasteiger partial charge on any atom is -0.0619 e. The van der Waals surface area contributed by atoms with Crippen molar-refractivity contribution in [3.63, 3.8) is 0 Å². The van der Waals surface area contributed by atoms with Gasteiger partial charge in [-0.05, 0) is 15.6 Å². The Morgan fingerprint density at radius 3 is 1.00 bits per heavy atom. The van der Waals surface area contributed by atoms with E-state index >= 15 is 0 Å². The number of aromatic nitrogens is 2. The molecule has 0 bridgehead atoms. The summed E-state index contributed by atoms with van der Waals surface area (Å²) < 4.78 is 10.7. The predicted molar refractivity (Wildman–Crippen MR) is 302 cm³/mol. The van der Waals surface area contributed by atoms with Crippen LogP contribution in [0.15, 0.2) is 291 Å². The third-order valence-corrected chi connectivity index (χ3v) is 29.6. The molecule has 13 rings (SSSR count). The molecule has 0 aliphatic carbocycles. The molecule has 0 aliphatic heterocycles. The third-order valence-electron chi connectivity index (χ3n) is 14.8. The first kappa shape index (κ1) is 41.9. The minimum atomic E-state index is -3.57. The first-order chi connectivity index (χ1) is 34.8. The first-order valence-electron chi connectivity index (χ1n) is 24.3. The van der Waals surface area contributed by atoms with E-state index in [0.29, 0.717) is 0 Å². The molecule has 70 heavy (non-hydrogen) atoms. The van der Waals surface area contributed by atoms with E-state index in [9.17, 15) is 0 Å². The van der Waals surface area contributed by atoms with E-state index in [4.69, 9.17) is 0 Å². The van der Waals surface area contributed by atoms with Gasteiger partial charge in [0.1, 0.15) is 0 Å². The molecule has 0 N–H and O–H groups in total.